The molecule has 0 aliphatic heterocycles. The van der Waals surface area contributed by atoms with E-state index in [9.17, 15) is 8.42 Å². The number of halogens is 1. The molecule has 0 amide bonds. The van der Waals surface area contributed by atoms with Crippen LogP contribution in [-0.4, -0.2) is 19.0 Å². The lowest BCUT2D eigenvalue weighted by Crippen LogP contribution is -2.26. The van der Waals surface area contributed by atoms with Crippen LogP contribution in [0.1, 0.15) is 12.0 Å². The first-order valence-corrected chi connectivity index (χ1v) is 7.11. The second-order valence-electron chi connectivity index (χ2n) is 4.00. The Morgan fingerprint density at radius 2 is 1.88 bits per heavy atom. The first-order valence-electron chi connectivity index (χ1n) is 5.13. The molecule has 0 bridgehead atoms. The Morgan fingerprint density at radius 3 is 2.38 bits per heavy atom. The van der Waals surface area contributed by atoms with E-state index >= 15 is 0 Å². The van der Waals surface area contributed by atoms with Gasteiger partial charge in [-0.25, -0.2) is 8.42 Å². The summed E-state index contributed by atoms with van der Waals surface area (Å²) in [6.45, 7) is 1.93. The van der Waals surface area contributed by atoms with Gasteiger partial charge in [0.25, 0.3) is 0 Å². The lowest BCUT2D eigenvalue weighted by Gasteiger charge is -2.14. The number of aryl methyl sites for hydroxylation is 1. The summed E-state index contributed by atoms with van der Waals surface area (Å²) in [7, 11) is -3.30. The van der Waals surface area contributed by atoms with Crippen LogP contribution in [0.3, 0.4) is 0 Å². The lowest BCUT2D eigenvalue weighted by molar-refractivity contribution is 0.582. The molecule has 1 aliphatic carbocycles. The molecule has 86 valence electrons. The van der Waals surface area contributed by atoms with Crippen molar-refractivity contribution in [1.29, 1.82) is 0 Å². The van der Waals surface area contributed by atoms with Crippen LogP contribution in [0.4, 0.5) is 0 Å². The average Bonchev–Trinajstić information content (AvgIpc) is 2.66. The minimum atomic E-state index is -3.30. The normalized spacial score (nSPS) is 24.9. The van der Waals surface area contributed by atoms with E-state index in [-0.39, 0.29) is 0 Å². The Balaban J connectivity index is 2.36. The van der Waals surface area contributed by atoms with Gasteiger partial charge in [-0.3, -0.25) is 0 Å². The van der Waals surface area contributed by atoms with Crippen molar-refractivity contribution in [3.05, 3.63) is 42.0 Å². The van der Waals surface area contributed by atoms with E-state index in [1.165, 1.54) is 0 Å². The van der Waals surface area contributed by atoms with Crippen LogP contribution in [0.5, 0.6) is 0 Å². The van der Waals surface area contributed by atoms with E-state index in [1.54, 1.807) is 30.3 Å². The van der Waals surface area contributed by atoms with Crippen LogP contribution in [0.25, 0.3) is 0 Å². The fourth-order valence-corrected chi connectivity index (χ4v) is 4.07. The summed E-state index contributed by atoms with van der Waals surface area (Å²) in [6, 6.07) is 6.90. The molecule has 0 radical (unpaired) electrons. The fourth-order valence-electron chi connectivity index (χ4n) is 1.80. The molecule has 0 saturated heterocycles. The Hall–Kier alpha value is -0.800. The third kappa shape index (κ3) is 2.02. The van der Waals surface area contributed by atoms with Crippen LogP contribution >= 0.6 is 11.6 Å². The van der Waals surface area contributed by atoms with Crippen molar-refractivity contribution in [3.63, 3.8) is 0 Å². The quantitative estimate of drug-likeness (QED) is 0.602. The summed E-state index contributed by atoms with van der Waals surface area (Å²) >= 11 is 5.98. The second kappa shape index (κ2) is 4.22. The molecule has 0 N–H and O–H groups in total. The van der Waals surface area contributed by atoms with Gasteiger partial charge >= 0.3 is 0 Å². The maximum absolute atomic E-state index is 12.2. The highest BCUT2D eigenvalue weighted by atomic mass is 35.5. The fraction of sp³-hybridized carbons (Fsp3) is 0.333. The molecule has 2 nitrogen and oxygen atoms in total. The molecule has 1 aromatic carbocycles. The van der Waals surface area contributed by atoms with Crippen molar-refractivity contribution in [1.82, 2.24) is 0 Å². The summed E-state index contributed by atoms with van der Waals surface area (Å²) in [5.74, 6) is 0. The molecule has 0 spiro atoms. The highest BCUT2D eigenvalue weighted by molar-refractivity contribution is 7.92. The number of alkyl halides is 1. The first-order chi connectivity index (χ1) is 7.51. The molecule has 2 rings (SSSR count). The predicted octanol–water partition coefficient (Wildman–Crippen LogP) is 2.70. The number of hydrogen-bond donors (Lipinski definition) is 0. The molecule has 16 heavy (non-hydrogen) atoms. The molecule has 0 aromatic heterocycles. The number of benzene rings is 1. The summed E-state index contributed by atoms with van der Waals surface area (Å²) in [4.78, 5) is 0.359. The smallest absolute Gasteiger partial charge is 0.183 e. The van der Waals surface area contributed by atoms with Crippen molar-refractivity contribution in [3.8, 4) is 0 Å². The number of sulfone groups is 1. The number of allylic oxidation sites excluding steroid dienone is 2. The molecule has 0 heterocycles. The topological polar surface area (TPSA) is 34.1 Å². The van der Waals surface area contributed by atoms with Crippen molar-refractivity contribution in [2.24, 2.45) is 0 Å². The molecule has 0 unspecified atom stereocenters. The minimum Gasteiger partial charge on any atom is -0.223 e. The predicted molar refractivity (Wildman–Crippen MR) is 65.6 cm³/mol. The van der Waals surface area contributed by atoms with Crippen LogP contribution < -0.4 is 0 Å². The Kier molecular flexibility index (Phi) is 3.08. The van der Waals surface area contributed by atoms with E-state index in [0.29, 0.717) is 11.3 Å². The van der Waals surface area contributed by atoms with Gasteiger partial charge in [-0.15, -0.1) is 11.6 Å². The zero-order valence-electron chi connectivity index (χ0n) is 8.93. The van der Waals surface area contributed by atoms with E-state index < -0.39 is 20.5 Å². The van der Waals surface area contributed by atoms with Gasteiger partial charge < -0.3 is 0 Å². The summed E-state index contributed by atoms with van der Waals surface area (Å²) in [5, 5.41) is -0.928. The number of hydrogen-bond acceptors (Lipinski definition) is 2. The third-order valence-electron chi connectivity index (χ3n) is 2.79. The van der Waals surface area contributed by atoms with Gasteiger partial charge in [-0.05, 0) is 25.5 Å². The average molecular weight is 257 g/mol. The van der Waals surface area contributed by atoms with Gasteiger partial charge in [0, 0.05) is 0 Å². The lowest BCUT2D eigenvalue weighted by atomic mass is 10.2. The van der Waals surface area contributed by atoms with Crippen LogP contribution in [0, 0.1) is 6.92 Å². The van der Waals surface area contributed by atoms with Gasteiger partial charge in [0.15, 0.2) is 9.84 Å². The Bertz CT molecular complexity index is 502. The van der Waals surface area contributed by atoms with Gasteiger partial charge in [0.05, 0.1) is 15.5 Å². The maximum Gasteiger partial charge on any atom is 0.183 e. The Morgan fingerprint density at radius 1 is 1.25 bits per heavy atom. The highest BCUT2D eigenvalue weighted by Gasteiger charge is 2.34. The van der Waals surface area contributed by atoms with Crippen LogP contribution in [0.15, 0.2) is 41.3 Å². The van der Waals surface area contributed by atoms with Crippen LogP contribution in [-0.2, 0) is 9.84 Å². The third-order valence-corrected chi connectivity index (χ3v) is 5.60. The zero-order valence-corrected chi connectivity index (χ0v) is 10.5. The van der Waals surface area contributed by atoms with E-state index in [2.05, 4.69) is 0 Å². The van der Waals surface area contributed by atoms with Crippen molar-refractivity contribution in [2.45, 2.75) is 28.9 Å². The minimum absolute atomic E-state index is 0.359. The molecule has 1 aromatic rings. The SMILES string of the molecule is Cc1ccc(S(=O)(=O)[C@@H]2CC=C[C@H]2Cl)cc1. The molecule has 0 fully saturated rings. The van der Waals surface area contributed by atoms with E-state index in [4.69, 9.17) is 11.6 Å². The molecular formula is C12H13ClO2S. The standard InChI is InChI=1S/C12H13ClO2S/c1-9-5-7-10(8-6-9)16(14,15)12-4-2-3-11(12)13/h2-3,5-8,11-12H,4H2,1H3/t11-,12-/m1/s1. The molecule has 4 heteroatoms. The summed E-state index contributed by atoms with van der Waals surface area (Å²) < 4.78 is 24.5. The van der Waals surface area contributed by atoms with Crippen molar-refractivity contribution < 1.29 is 8.42 Å². The van der Waals surface area contributed by atoms with Crippen molar-refractivity contribution >= 4 is 21.4 Å². The molecule has 2 atom stereocenters. The van der Waals surface area contributed by atoms with Crippen molar-refractivity contribution in [2.75, 3.05) is 0 Å². The highest BCUT2D eigenvalue weighted by Crippen LogP contribution is 2.28. The first kappa shape index (κ1) is 11.7. The van der Waals surface area contributed by atoms with Gasteiger partial charge in [0.2, 0.25) is 0 Å². The molecule has 1 aliphatic rings. The largest absolute Gasteiger partial charge is 0.223 e. The summed E-state index contributed by atoms with van der Waals surface area (Å²) in [6.07, 6.45) is 4.08. The van der Waals surface area contributed by atoms with E-state index in [1.807, 2.05) is 13.0 Å². The van der Waals surface area contributed by atoms with Gasteiger partial charge in [-0.1, -0.05) is 29.8 Å². The second-order valence-corrected chi connectivity index (χ2v) is 6.68. The monoisotopic (exact) mass is 256 g/mol. The van der Waals surface area contributed by atoms with Crippen LogP contribution in [0.2, 0.25) is 0 Å². The zero-order chi connectivity index (χ0) is 11.8. The molecule has 0 saturated carbocycles. The summed E-state index contributed by atoms with van der Waals surface area (Å²) in [5.41, 5.74) is 1.05. The molecular weight excluding hydrogens is 244 g/mol. The van der Waals surface area contributed by atoms with Gasteiger partial charge in [-0.2, -0.15) is 0 Å². The van der Waals surface area contributed by atoms with Gasteiger partial charge in [0.1, 0.15) is 0 Å². The van der Waals surface area contributed by atoms with E-state index in [0.717, 1.165) is 5.56 Å². The number of rotatable bonds is 2. The maximum atomic E-state index is 12.2. The Labute approximate surface area is 101 Å².